The monoisotopic (exact) mass is 266 g/mol. The highest BCUT2D eigenvalue weighted by Gasteiger charge is 2.06. The molecule has 0 aliphatic heterocycles. The summed E-state index contributed by atoms with van der Waals surface area (Å²) >= 11 is 1.59. The van der Waals surface area contributed by atoms with E-state index in [4.69, 9.17) is 10.5 Å². The molecule has 0 amide bonds. The Morgan fingerprint density at radius 1 is 1.44 bits per heavy atom. The number of hydrogen-bond donors (Lipinski definition) is 1. The fraction of sp³-hybridized carbons (Fsp3) is 0.308. The van der Waals surface area contributed by atoms with E-state index in [1.165, 1.54) is 12.1 Å². The van der Waals surface area contributed by atoms with Crippen LogP contribution < -0.4 is 10.5 Å². The molecule has 5 heteroatoms. The van der Waals surface area contributed by atoms with E-state index in [1.807, 2.05) is 12.3 Å². The number of aryl methyl sites for hydroxylation is 1. The molecule has 0 fully saturated rings. The maximum atomic E-state index is 13.1. The largest absolute Gasteiger partial charge is 0.487 e. The van der Waals surface area contributed by atoms with Crippen molar-refractivity contribution in [1.82, 2.24) is 4.98 Å². The van der Waals surface area contributed by atoms with Crippen molar-refractivity contribution in [2.75, 3.05) is 6.54 Å². The lowest BCUT2D eigenvalue weighted by Crippen LogP contribution is -2.06. The lowest BCUT2D eigenvalue weighted by atomic mass is 10.1. The Balaban J connectivity index is 2.08. The van der Waals surface area contributed by atoms with Crippen molar-refractivity contribution >= 4 is 11.3 Å². The second kappa shape index (κ2) is 5.93. The molecule has 0 aliphatic carbocycles. The minimum Gasteiger partial charge on any atom is -0.487 e. The minimum atomic E-state index is -0.268. The molecule has 2 N–H and O–H groups in total. The smallest absolute Gasteiger partial charge is 0.131 e. The van der Waals surface area contributed by atoms with Crippen molar-refractivity contribution in [3.63, 3.8) is 0 Å². The summed E-state index contributed by atoms with van der Waals surface area (Å²) in [6.07, 6.45) is 0.600. The van der Waals surface area contributed by atoms with Crippen LogP contribution in [-0.2, 0) is 13.0 Å². The molecule has 0 aliphatic rings. The quantitative estimate of drug-likeness (QED) is 0.905. The molecule has 2 rings (SSSR count). The second-order valence-corrected chi connectivity index (χ2v) is 5.00. The number of rotatable bonds is 5. The van der Waals surface area contributed by atoms with E-state index in [0.717, 1.165) is 16.3 Å². The van der Waals surface area contributed by atoms with E-state index in [2.05, 4.69) is 4.98 Å². The van der Waals surface area contributed by atoms with Gasteiger partial charge in [-0.05, 0) is 43.7 Å². The lowest BCUT2D eigenvalue weighted by molar-refractivity contribution is 0.298. The summed E-state index contributed by atoms with van der Waals surface area (Å²) in [6, 6.07) is 4.50. The average molecular weight is 266 g/mol. The summed E-state index contributed by atoms with van der Waals surface area (Å²) < 4.78 is 18.8. The first-order valence-electron chi connectivity index (χ1n) is 5.71. The maximum Gasteiger partial charge on any atom is 0.131 e. The number of ether oxygens (including phenoxy) is 1. The summed E-state index contributed by atoms with van der Waals surface area (Å²) in [5.74, 6) is 0.405. The van der Waals surface area contributed by atoms with Gasteiger partial charge < -0.3 is 10.5 Å². The molecular formula is C13H15FN2OS. The highest BCUT2D eigenvalue weighted by atomic mass is 32.1. The first-order valence-corrected chi connectivity index (χ1v) is 6.59. The van der Waals surface area contributed by atoms with E-state index in [-0.39, 0.29) is 5.82 Å². The zero-order valence-corrected chi connectivity index (χ0v) is 11.0. The Bertz CT molecular complexity index is 527. The number of benzene rings is 1. The topological polar surface area (TPSA) is 48.1 Å². The van der Waals surface area contributed by atoms with Gasteiger partial charge in [0.25, 0.3) is 0 Å². The third-order valence-corrected chi connectivity index (χ3v) is 3.30. The number of thiazole rings is 1. The number of halogens is 1. The van der Waals surface area contributed by atoms with Gasteiger partial charge in [-0.1, -0.05) is 0 Å². The molecule has 0 saturated carbocycles. The molecule has 0 bridgehead atoms. The standard InChI is InChI=1S/C13H15FN2OS/c1-9-16-12(8-18-9)7-17-13-3-2-11(14)6-10(13)4-5-15/h2-3,6,8H,4-5,7,15H2,1H3. The molecule has 18 heavy (non-hydrogen) atoms. The average Bonchev–Trinajstić information content (AvgIpc) is 2.75. The SMILES string of the molecule is Cc1nc(COc2ccc(F)cc2CCN)cs1. The van der Waals surface area contributed by atoms with Crippen LogP contribution in [0.5, 0.6) is 5.75 Å². The van der Waals surface area contributed by atoms with Crippen molar-refractivity contribution in [3.05, 3.63) is 45.7 Å². The molecule has 0 radical (unpaired) electrons. The summed E-state index contributed by atoms with van der Waals surface area (Å²) in [4.78, 5) is 4.31. The van der Waals surface area contributed by atoms with Crippen molar-refractivity contribution in [1.29, 1.82) is 0 Å². The molecule has 0 unspecified atom stereocenters. The molecule has 0 saturated heterocycles. The summed E-state index contributed by atoms with van der Waals surface area (Å²) in [6.45, 7) is 2.81. The Labute approximate surface area is 109 Å². The predicted octanol–water partition coefficient (Wildman–Crippen LogP) is 2.67. The van der Waals surface area contributed by atoms with Crippen molar-refractivity contribution in [2.24, 2.45) is 5.73 Å². The van der Waals surface area contributed by atoms with Gasteiger partial charge in [-0.3, -0.25) is 0 Å². The Morgan fingerprint density at radius 2 is 2.28 bits per heavy atom. The highest BCUT2D eigenvalue weighted by Crippen LogP contribution is 2.21. The van der Waals surface area contributed by atoms with E-state index >= 15 is 0 Å². The van der Waals surface area contributed by atoms with Gasteiger partial charge in [-0.15, -0.1) is 11.3 Å². The Morgan fingerprint density at radius 3 is 2.94 bits per heavy atom. The first-order chi connectivity index (χ1) is 8.69. The third-order valence-electron chi connectivity index (χ3n) is 2.48. The van der Waals surface area contributed by atoms with Crippen LogP contribution in [-0.4, -0.2) is 11.5 Å². The molecule has 1 heterocycles. The van der Waals surface area contributed by atoms with E-state index in [0.29, 0.717) is 25.3 Å². The van der Waals surface area contributed by atoms with E-state index < -0.39 is 0 Å². The molecular weight excluding hydrogens is 251 g/mol. The van der Waals surface area contributed by atoms with Gasteiger partial charge in [0.15, 0.2) is 0 Å². The van der Waals surface area contributed by atoms with E-state index in [9.17, 15) is 4.39 Å². The summed E-state index contributed by atoms with van der Waals surface area (Å²) in [7, 11) is 0. The molecule has 1 aromatic heterocycles. The van der Waals surface area contributed by atoms with Crippen LogP contribution in [0.3, 0.4) is 0 Å². The zero-order chi connectivity index (χ0) is 13.0. The van der Waals surface area contributed by atoms with Crippen LogP contribution >= 0.6 is 11.3 Å². The second-order valence-electron chi connectivity index (χ2n) is 3.94. The third kappa shape index (κ3) is 3.27. The molecule has 1 aromatic carbocycles. The van der Waals surface area contributed by atoms with Crippen LogP contribution in [0.1, 0.15) is 16.3 Å². The molecule has 0 atom stereocenters. The molecule has 3 nitrogen and oxygen atoms in total. The van der Waals surface area contributed by atoms with Crippen molar-refractivity contribution in [3.8, 4) is 5.75 Å². The van der Waals surface area contributed by atoms with Gasteiger partial charge in [0.05, 0.1) is 10.7 Å². The normalized spacial score (nSPS) is 10.6. The van der Waals surface area contributed by atoms with E-state index in [1.54, 1.807) is 17.4 Å². The molecule has 96 valence electrons. The maximum absolute atomic E-state index is 13.1. The fourth-order valence-corrected chi connectivity index (χ4v) is 2.26. The van der Waals surface area contributed by atoms with Gasteiger partial charge in [0.2, 0.25) is 0 Å². The lowest BCUT2D eigenvalue weighted by Gasteiger charge is -2.10. The van der Waals surface area contributed by atoms with Gasteiger partial charge in [0.1, 0.15) is 18.2 Å². The Kier molecular flexibility index (Phi) is 4.28. The number of hydrogen-bond acceptors (Lipinski definition) is 4. The predicted molar refractivity (Wildman–Crippen MR) is 70.3 cm³/mol. The fourth-order valence-electron chi connectivity index (χ4n) is 1.67. The molecule has 0 spiro atoms. The van der Waals surface area contributed by atoms with Crippen LogP contribution in [0, 0.1) is 12.7 Å². The first kappa shape index (κ1) is 13.0. The zero-order valence-electron chi connectivity index (χ0n) is 10.1. The summed E-state index contributed by atoms with van der Waals surface area (Å²) in [5, 5.41) is 2.97. The highest BCUT2D eigenvalue weighted by molar-refractivity contribution is 7.09. The van der Waals surface area contributed by atoms with Crippen LogP contribution in [0.4, 0.5) is 4.39 Å². The molecule has 2 aromatic rings. The van der Waals surface area contributed by atoms with Crippen LogP contribution in [0.15, 0.2) is 23.6 Å². The number of aromatic nitrogens is 1. The van der Waals surface area contributed by atoms with Crippen molar-refractivity contribution in [2.45, 2.75) is 20.0 Å². The van der Waals surface area contributed by atoms with Crippen LogP contribution in [0.25, 0.3) is 0 Å². The summed E-state index contributed by atoms with van der Waals surface area (Å²) in [5.41, 5.74) is 7.19. The van der Waals surface area contributed by atoms with Gasteiger partial charge in [-0.25, -0.2) is 9.37 Å². The van der Waals surface area contributed by atoms with Crippen molar-refractivity contribution < 1.29 is 9.13 Å². The van der Waals surface area contributed by atoms with Gasteiger partial charge in [0, 0.05) is 5.38 Å². The number of nitrogens with two attached hydrogens (primary N) is 1. The van der Waals surface area contributed by atoms with Crippen LogP contribution in [0.2, 0.25) is 0 Å². The Hall–Kier alpha value is -1.46. The minimum absolute atomic E-state index is 0.268. The van der Waals surface area contributed by atoms with Gasteiger partial charge >= 0.3 is 0 Å². The number of nitrogens with zero attached hydrogens (tertiary/aromatic N) is 1. The van der Waals surface area contributed by atoms with Gasteiger partial charge in [-0.2, -0.15) is 0 Å².